The number of aliphatic hydroxyl groups excluding tert-OH is 1. The number of aliphatic hydroxyl groups is 1. The Kier molecular flexibility index (Phi) is 5.10. The molecule has 0 unspecified atom stereocenters. The fraction of sp³-hybridized carbons (Fsp3) is 0.176. The zero-order chi connectivity index (χ0) is 18.7. The van der Waals surface area contributed by atoms with Crippen molar-refractivity contribution in [3.8, 4) is 0 Å². The van der Waals surface area contributed by atoms with Crippen molar-refractivity contribution < 1.29 is 23.5 Å². The van der Waals surface area contributed by atoms with Gasteiger partial charge in [-0.25, -0.2) is 9.87 Å². The quantitative estimate of drug-likeness (QED) is 0.463. The number of hydrogen-bond donors (Lipinski definition) is 3. The molecule has 0 atom stereocenters. The number of halogens is 2. The molecule has 0 aliphatic carbocycles. The van der Waals surface area contributed by atoms with E-state index in [1.165, 1.54) is 30.7 Å². The molecule has 0 radical (unpaired) electrons. The molecule has 136 valence electrons. The van der Waals surface area contributed by atoms with E-state index in [0.29, 0.717) is 0 Å². The Balaban J connectivity index is 2.07. The number of aryl methyl sites for hydroxylation is 1. The molecule has 3 rings (SSSR count). The third-order valence-corrected chi connectivity index (χ3v) is 3.65. The maximum atomic E-state index is 14.8. The number of nitrogens with zero attached hydrogens (tertiary/aromatic N) is 2. The molecule has 0 aliphatic rings. The molecule has 1 aromatic carbocycles. The van der Waals surface area contributed by atoms with Crippen molar-refractivity contribution >= 4 is 22.8 Å². The number of rotatable bonds is 6. The lowest BCUT2D eigenvalue weighted by atomic mass is 10.2. The van der Waals surface area contributed by atoms with Gasteiger partial charge in [-0.3, -0.25) is 19.0 Å². The summed E-state index contributed by atoms with van der Waals surface area (Å²) in [7, 11) is 0. The number of benzene rings is 1. The summed E-state index contributed by atoms with van der Waals surface area (Å²) in [5.74, 6) is -2.28. The van der Waals surface area contributed by atoms with Crippen LogP contribution in [-0.4, -0.2) is 33.6 Å². The Morgan fingerprint density at radius 3 is 2.92 bits per heavy atom. The highest BCUT2D eigenvalue weighted by Crippen LogP contribution is 2.31. The molecule has 2 heterocycles. The Morgan fingerprint density at radius 2 is 2.19 bits per heavy atom. The molecule has 0 saturated carbocycles. The number of anilines is 2. The van der Waals surface area contributed by atoms with Gasteiger partial charge in [0.2, 0.25) is 5.95 Å². The molecule has 9 heteroatoms. The highest BCUT2D eigenvalue weighted by atomic mass is 19.1. The summed E-state index contributed by atoms with van der Waals surface area (Å²) < 4.78 is 30.1. The summed E-state index contributed by atoms with van der Waals surface area (Å²) in [6, 6.07) is 4.49. The van der Waals surface area contributed by atoms with Gasteiger partial charge in [0, 0.05) is 12.4 Å². The van der Waals surface area contributed by atoms with Gasteiger partial charge in [-0.05, 0) is 24.6 Å². The maximum Gasteiger partial charge on any atom is 0.281 e. The van der Waals surface area contributed by atoms with Gasteiger partial charge >= 0.3 is 0 Å². The first kappa shape index (κ1) is 17.8. The molecule has 26 heavy (non-hydrogen) atoms. The van der Waals surface area contributed by atoms with Crippen LogP contribution in [0.4, 0.5) is 20.2 Å². The van der Waals surface area contributed by atoms with Crippen LogP contribution < -0.4 is 10.8 Å². The second kappa shape index (κ2) is 7.46. The zero-order valence-corrected chi connectivity index (χ0v) is 13.8. The first-order valence-corrected chi connectivity index (χ1v) is 7.72. The zero-order valence-electron chi connectivity index (χ0n) is 13.8. The average molecular weight is 362 g/mol. The minimum absolute atomic E-state index is 0.0449. The molecule has 0 aliphatic heterocycles. The van der Waals surface area contributed by atoms with Gasteiger partial charge < -0.3 is 10.4 Å². The lowest BCUT2D eigenvalue weighted by Crippen LogP contribution is -2.26. The highest BCUT2D eigenvalue weighted by Gasteiger charge is 2.25. The number of carbonyl (C=O) groups is 1. The van der Waals surface area contributed by atoms with Crippen LogP contribution >= 0.6 is 0 Å². The topological polar surface area (TPSA) is 87.9 Å². The average Bonchev–Trinajstić information content (AvgIpc) is 2.90. The minimum atomic E-state index is -0.880. The number of hydroxylamine groups is 1. The standard InChI is InChI=1S/C17H16F2N4O3/c1-10-2-3-12(11(18)8-10)21-15-13-9-20-4-5-23(13)16(19)14(15)17(25)22-26-7-6-24/h2-5,8-9,21,24H,6-7H2,1H3,(H,22,25). The third kappa shape index (κ3) is 3.35. The number of aromatic nitrogens is 2. The van der Waals surface area contributed by atoms with Gasteiger partial charge in [0.05, 0.1) is 36.3 Å². The van der Waals surface area contributed by atoms with Crippen LogP contribution in [0.15, 0.2) is 36.8 Å². The minimum Gasteiger partial charge on any atom is -0.394 e. The predicted octanol–water partition coefficient (Wildman–Crippen LogP) is 2.32. The lowest BCUT2D eigenvalue weighted by Gasteiger charge is -2.10. The van der Waals surface area contributed by atoms with Crippen molar-refractivity contribution in [3.05, 3.63) is 59.7 Å². The first-order valence-electron chi connectivity index (χ1n) is 7.72. The van der Waals surface area contributed by atoms with E-state index in [-0.39, 0.29) is 35.7 Å². The third-order valence-electron chi connectivity index (χ3n) is 3.65. The van der Waals surface area contributed by atoms with E-state index in [1.54, 1.807) is 13.0 Å². The number of amides is 1. The molecular formula is C17H16F2N4O3. The fourth-order valence-corrected chi connectivity index (χ4v) is 2.47. The largest absolute Gasteiger partial charge is 0.394 e. The van der Waals surface area contributed by atoms with E-state index >= 15 is 0 Å². The van der Waals surface area contributed by atoms with Crippen molar-refractivity contribution in [2.24, 2.45) is 0 Å². The number of carbonyl (C=O) groups excluding carboxylic acids is 1. The van der Waals surface area contributed by atoms with E-state index < -0.39 is 17.7 Å². The van der Waals surface area contributed by atoms with Crippen molar-refractivity contribution in [2.45, 2.75) is 6.92 Å². The van der Waals surface area contributed by atoms with Crippen LogP contribution in [0.5, 0.6) is 0 Å². The summed E-state index contributed by atoms with van der Waals surface area (Å²) in [4.78, 5) is 21.0. The van der Waals surface area contributed by atoms with Gasteiger partial charge in [0.15, 0.2) is 0 Å². The van der Waals surface area contributed by atoms with Crippen molar-refractivity contribution in [3.63, 3.8) is 0 Å². The SMILES string of the molecule is Cc1ccc(Nc2c(C(=O)NOCCO)c(F)n3ccncc23)c(F)c1. The van der Waals surface area contributed by atoms with Gasteiger partial charge in [0.1, 0.15) is 11.4 Å². The van der Waals surface area contributed by atoms with Crippen LogP contribution in [-0.2, 0) is 4.84 Å². The summed E-state index contributed by atoms with van der Waals surface area (Å²) in [5, 5.41) is 11.5. The highest BCUT2D eigenvalue weighted by molar-refractivity contribution is 6.04. The Morgan fingerprint density at radius 1 is 1.38 bits per heavy atom. The summed E-state index contributed by atoms with van der Waals surface area (Å²) in [6.45, 7) is 1.27. The molecule has 3 N–H and O–H groups in total. The van der Waals surface area contributed by atoms with Gasteiger partial charge in [-0.2, -0.15) is 4.39 Å². The molecule has 2 aromatic heterocycles. The first-order chi connectivity index (χ1) is 12.5. The summed E-state index contributed by atoms with van der Waals surface area (Å²) in [6.07, 6.45) is 4.05. The molecule has 0 spiro atoms. The molecular weight excluding hydrogens is 346 g/mol. The molecule has 0 bridgehead atoms. The normalized spacial score (nSPS) is 10.9. The van der Waals surface area contributed by atoms with Gasteiger partial charge in [-0.15, -0.1) is 0 Å². The predicted molar refractivity (Wildman–Crippen MR) is 90.1 cm³/mol. The Bertz CT molecular complexity index is 959. The second-order valence-corrected chi connectivity index (χ2v) is 5.48. The smallest absolute Gasteiger partial charge is 0.281 e. The monoisotopic (exact) mass is 362 g/mol. The summed E-state index contributed by atoms with van der Waals surface area (Å²) >= 11 is 0. The number of fused-ring (bicyclic) bond motifs is 1. The Labute approximate surface area is 147 Å². The summed E-state index contributed by atoms with van der Waals surface area (Å²) in [5.41, 5.74) is 2.77. The van der Waals surface area contributed by atoms with Gasteiger partial charge in [-0.1, -0.05) is 6.07 Å². The second-order valence-electron chi connectivity index (χ2n) is 5.48. The van der Waals surface area contributed by atoms with Crippen LogP contribution in [0, 0.1) is 18.7 Å². The van der Waals surface area contributed by atoms with E-state index in [0.717, 1.165) is 9.96 Å². The van der Waals surface area contributed by atoms with Crippen LogP contribution in [0.3, 0.4) is 0 Å². The van der Waals surface area contributed by atoms with Crippen LogP contribution in [0.2, 0.25) is 0 Å². The molecule has 3 aromatic rings. The molecule has 1 amide bonds. The lowest BCUT2D eigenvalue weighted by molar-refractivity contribution is 0.0166. The van der Waals surface area contributed by atoms with E-state index in [4.69, 9.17) is 9.94 Å². The van der Waals surface area contributed by atoms with Crippen molar-refractivity contribution in [2.75, 3.05) is 18.5 Å². The van der Waals surface area contributed by atoms with E-state index in [2.05, 4.69) is 10.3 Å². The fourth-order valence-electron chi connectivity index (χ4n) is 2.47. The van der Waals surface area contributed by atoms with E-state index in [9.17, 15) is 13.6 Å². The van der Waals surface area contributed by atoms with Crippen LogP contribution in [0.1, 0.15) is 15.9 Å². The molecule has 7 nitrogen and oxygen atoms in total. The molecule has 0 fully saturated rings. The molecule has 0 saturated heterocycles. The number of hydrogen-bond acceptors (Lipinski definition) is 5. The van der Waals surface area contributed by atoms with Crippen molar-refractivity contribution in [1.82, 2.24) is 14.9 Å². The van der Waals surface area contributed by atoms with E-state index in [1.807, 2.05) is 5.48 Å². The van der Waals surface area contributed by atoms with Gasteiger partial charge in [0.25, 0.3) is 5.91 Å². The Hall–Kier alpha value is -3.04. The van der Waals surface area contributed by atoms with Crippen molar-refractivity contribution in [1.29, 1.82) is 0 Å². The van der Waals surface area contributed by atoms with Crippen LogP contribution in [0.25, 0.3) is 5.52 Å². The number of nitrogens with one attached hydrogen (secondary N) is 2. The maximum absolute atomic E-state index is 14.8.